The molecule has 0 amide bonds. The van der Waals surface area contributed by atoms with Crippen LogP contribution in [0.3, 0.4) is 0 Å². The maximum absolute atomic E-state index is 5.93. The van der Waals surface area contributed by atoms with Crippen LogP contribution in [0.1, 0.15) is 25.3 Å². The average molecular weight is 479 g/mol. The molecule has 2 aromatic heterocycles. The van der Waals surface area contributed by atoms with Gasteiger partial charge in [0, 0.05) is 22.0 Å². The lowest BCUT2D eigenvalue weighted by molar-refractivity contribution is 0.620. The van der Waals surface area contributed by atoms with Gasteiger partial charge in [-0.1, -0.05) is 74.5 Å². The van der Waals surface area contributed by atoms with Crippen LogP contribution in [0.25, 0.3) is 61.2 Å². The van der Waals surface area contributed by atoms with Crippen LogP contribution in [0, 0.1) is 0 Å². The molecule has 0 bridgehead atoms. The molecule has 0 spiro atoms. The van der Waals surface area contributed by atoms with Crippen LogP contribution in [-0.4, -0.2) is 9.55 Å². The molecule has 0 aliphatic rings. The lowest BCUT2D eigenvalue weighted by atomic mass is 10.0. The number of para-hydroxylation sites is 3. The molecule has 7 aromatic rings. The summed E-state index contributed by atoms with van der Waals surface area (Å²) in [6, 6.07) is 40.7. The second-order valence-corrected chi connectivity index (χ2v) is 9.89. The smallest absolute Gasteiger partial charge is 0.227 e. The molecule has 7 rings (SSSR count). The predicted molar refractivity (Wildman–Crippen MR) is 153 cm³/mol. The Morgan fingerprint density at radius 2 is 1.27 bits per heavy atom. The first kappa shape index (κ1) is 21.6. The van der Waals surface area contributed by atoms with E-state index in [0.29, 0.717) is 11.8 Å². The maximum Gasteiger partial charge on any atom is 0.227 e. The van der Waals surface area contributed by atoms with Gasteiger partial charge in [-0.25, -0.2) is 4.98 Å². The van der Waals surface area contributed by atoms with E-state index in [2.05, 4.69) is 114 Å². The van der Waals surface area contributed by atoms with Gasteiger partial charge in [0.1, 0.15) is 5.52 Å². The Morgan fingerprint density at radius 3 is 2.03 bits per heavy atom. The van der Waals surface area contributed by atoms with Crippen LogP contribution in [0.2, 0.25) is 0 Å². The van der Waals surface area contributed by atoms with Crippen molar-refractivity contribution in [1.82, 2.24) is 9.55 Å². The molecule has 0 fully saturated rings. The molecule has 0 saturated carbocycles. The Labute approximate surface area is 215 Å². The van der Waals surface area contributed by atoms with E-state index in [4.69, 9.17) is 4.42 Å². The highest BCUT2D eigenvalue weighted by atomic mass is 16.3. The topological polar surface area (TPSA) is 31.0 Å². The molecule has 178 valence electrons. The first-order chi connectivity index (χ1) is 18.2. The molecule has 2 heterocycles. The summed E-state index contributed by atoms with van der Waals surface area (Å²) in [7, 11) is 0. The summed E-state index contributed by atoms with van der Waals surface area (Å²) in [4.78, 5) is 4.62. The van der Waals surface area contributed by atoms with Crippen molar-refractivity contribution in [2.45, 2.75) is 19.8 Å². The number of oxazole rings is 1. The van der Waals surface area contributed by atoms with E-state index >= 15 is 0 Å². The van der Waals surface area contributed by atoms with E-state index < -0.39 is 0 Å². The van der Waals surface area contributed by atoms with Gasteiger partial charge < -0.3 is 8.98 Å². The molecule has 0 aliphatic heterocycles. The molecule has 3 heteroatoms. The van der Waals surface area contributed by atoms with Crippen molar-refractivity contribution in [3.8, 4) is 28.3 Å². The van der Waals surface area contributed by atoms with Crippen molar-refractivity contribution in [1.29, 1.82) is 0 Å². The summed E-state index contributed by atoms with van der Waals surface area (Å²) < 4.78 is 8.30. The van der Waals surface area contributed by atoms with Crippen LogP contribution >= 0.6 is 0 Å². The SMILES string of the molecule is CC(C)c1ccc2c(c1)c1ccccc1n2-c1ccc(-c2ccc(-c3nc4ccccc4o3)cc2)cc1. The fraction of sp³-hybridized carbons (Fsp3) is 0.0882. The van der Waals surface area contributed by atoms with Crippen LogP contribution in [-0.2, 0) is 0 Å². The van der Waals surface area contributed by atoms with Gasteiger partial charge in [-0.15, -0.1) is 0 Å². The first-order valence-electron chi connectivity index (χ1n) is 12.8. The quantitative estimate of drug-likeness (QED) is 0.252. The monoisotopic (exact) mass is 478 g/mol. The predicted octanol–water partition coefficient (Wildman–Crippen LogP) is 9.38. The van der Waals surface area contributed by atoms with Gasteiger partial charge in [-0.05, 0) is 77.2 Å². The average Bonchev–Trinajstić information content (AvgIpc) is 3.52. The second-order valence-electron chi connectivity index (χ2n) is 9.89. The van der Waals surface area contributed by atoms with Crippen molar-refractivity contribution in [2.75, 3.05) is 0 Å². The summed E-state index contributed by atoms with van der Waals surface area (Å²) >= 11 is 0. The third-order valence-corrected chi connectivity index (χ3v) is 7.25. The van der Waals surface area contributed by atoms with Crippen LogP contribution in [0.4, 0.5) is 0 Å². The zero-order valence-corrected chi connectivity index (χ0v) is 20.8. The summed E-state index contributed by atoms with van der Waals surface area (Å²) in [5.74, 6) is 1.15. The Kier molecular flexibility index (Phi) is 4.97. The molecule has 0 aliphatic carbocycles. The lowest BCUT2D eigenvalue weighted by Gasteiger charge is -2.10. The third kappa shape index (κ3) is 3.63. The molecule has 0 radical (unpaired) electrons. The number of benzene rings is 5. The van der Waals surface area contributed by atoms with E-state index in [1.165, 1.54) is 32.9 Å². The Balaban J connectivity index is 1.25. The van der Waals surface area contributed by atoms with Gasteiger partial charge in [0.2, 0.25) is 5.89 Å². The summed E-state index contributed by atoms with van der Waals surface area (Å²) in [5.41, 5.74) is 10.00. The lowest BCUT2D eigenvalue weighted by Crippen LogP contribution is -1.94. The van der Waals surface area contributed by atoms with Crippen molar-refractivity contribution in [3.63, 3.8) is 0 Å². The molecule has 0 N–H and O–H groups in total. The van der Waals surface area contributed by atoms with Gasteiger partial charge in [-0.3, -0.25) is 0 Å². The van der Waals surface area contributed by atoms with Gasteiger partial charge in [0.25, 0.3) is 0 Å². The highest BCUT2D eigenvalue weighted by Crippen LogP contribution is 2.35. The van der Waals surface area contributed by atoms with Crippen molar-refractivity contribution >= 4 is 32.9 Å². The van der Waals surface area contributed by atoms with E-state index in [-0.39, 0.29) is 0 Å². The van der Waals surface area contributed by atoms with Gasteiger partial charge in [0.15, 0.2) is 5.58 Å². The zero-order valence-electron chi connectivity index (χ0n) is 20.8. The minimum atomic E-state index is 0.500. The number of aromatic nitrogens is 2. The van der Waals surface area contributed by atoms with Crippen LogP contribution in [0.5, 0.6) is 0 Å². The molecule has 37 heavy (non-hydrogen) atoms. The van der Waals surface area contributed by atoms with Crippen LogP contribution in [0.15, 0.2) is 120 Å². The van der Waals surface area contributed by atoms with E-state index in [1.807, 2.05) is 24.3 Å². The van der Waals surface area contributed by atoms with Crippen molar-refractivity contribution < 1.29 is 4.42 Å². The van der Waals surface area contributed by atoms with Gasteiger partial charge in [0.05, 0.1) is 11.0 Å². The fourth-order valence-electron chi connectivity index (χ4n) is 5.23. The summed E-state index contributed by atoms with van der Waals surface area (Å²) in [6.07, 6.45) is 0. The number of fused-ring (bicyclic) bond motifs is 4. The van der Waals surface area contributed by atoms with Crippen molar-refractivity contribution in [3.05, 3.63) is 121 Å². The van der Waals surface area contributed by atoms with E-state index in [0.717, 1.165) is 27.9 Å². The number of nitrogens with zero attached hydrogens (tertiary/aromatic N) is 2. The maximum atomic E-state index is 5.93. The third-order valence-electron chi connectivity index (χ3n) is 7.25. The number of hydrogen-bond acceptors (Lipinski definition) is 2. The van der Waals surface area contributed by atoms with Crippen molar-refractivity contribution in [2.24, 2.45) is 0 Å². The molecule has 0 unspecified atom stereocenters. The highest BCUT2D eigenvalue weighted by molar-refractivity contribution is 6.09. The Hall–Kier alpha value is -4.63. The molecule has 5 aromatic carbocycles. The van der Waals surface area contributed by atoms with Gasteiger partial charge >= 0.3 is 0 Å². The standard InChI is InChI=1S/C34H26N2O/c1-22(2)26-17-20-32-29(21-26)28-7-3-5-9-31(28)36(32)27-18-15-24(16-19-27)23-11-13-25(14-12-23)34-35-30-8-4-6-10-33(30)37-34/h3-22H,1-2H3. The largest absolute Gasteiger partial charge is 0.436 e. The number of rotatable bonds is 4. The molecule has 0 atom stereocenters. The Bertz CT molecular complexity index is 1850. The van der Waals surface area contributed by atoms with Gasteiger partial charge in [-0.2, -0.15) is 0 Å². The fourth-order valence-corrected chi connectivity index (χ4v) is 5.23. The second kappa shape index (κ2) is 8.49. The highest BCUT2D eigenvalue weighted by Gasteiger charge is 2.14. The minimum Gasteiger partial charge on any atom is -0.436 e. The first-order valence-corrected chi connectivity index (χ1v) is 12.8. The molecule has 0 saturated heterocycles. The Morgan fingerprint density at radius 1 is 0.622 bits per heavy atom. The molecular formula is C34H26N2O. The van der Waals surface area contributed by atoms with Crippen LogP contribution < -0.4 is 0 Å². The summed E-state index contributed by atoms with van der Waals surface area (Å²) in [5, 5.41) is 2.60. The normalized spacial score (nSPS) is 11.8. The molecular weight excluding hydrogens is 452 g/mol. The van der Waals surface area contributed by atoms with E-state index in [9.17, 15) is 0 Å². The minimum absolute atomic E-state index is 0.500. The number of hydrogen-bond donors (Lipinski definition) is 0. The summed E-state index contributed by atoms with van der Waals surface area (Å²) in [6.45, 7) is 4.50. The van der Waals surface area contributed by atoms with E-state index in [1.54, 1.807) is 0 Å². The molecule has 3 nitrogen and oxygen atoms in total. The zero-order chi connectivity index (χ0) is 24.9.